The van der Waals surface area contributed by atoms with Crippen molar-refractivity contribution in [2.45, 2.75) is 13.0 Å². The molecule has 1 atom stereocenters. The molecular formula is C19H25ClN4O2. The fraction of sp³-hybridized carbons (Fsp3) is 0.368. The molecule has 26 heavy (non-hydrogen) atoms. The van der Waals surface area contributed by atoms with E-state index in [1.165, 1.54) is 0 Å². The second kappa shape index (κ2) is 10.1. The molecule has 3 rings (SSSR count). The highest BCUT2D eigenvalue weighted by Crippen LogP contribution is 2.25. The first-order valence-corrected chi connectivity index (χ1v) is 8.64. The number of benzene rings is 1. The van der Waals surface area contributed by atoms with Crippen LogP contribution in [0.25, 0.3) is 0 Å². The molecule has 7 heteroatoms. The summed E-state index contributed by atoms with van der Waals surface area (Å²) in [5.41, 5.74) is 1.83. The molecule has 1 fully saturated rings. The molecule has 1 saturated heterocycles. The van der Waals surface area contributed by atoms with Gasteiger partial charge in [0.05, 0.1) is 18.8 Å². The zero-order valence-electron chi connectivity index (χ0n) is 14.9. The lowest BCUT2D eigenvalue weighted by atomic mass is 10.1. The molecule has 2 N–H and O–H groups in total. The zero-order valence-corrected chi connectivity index (χ0v) is 15.7. The van der Waals surface area contributed by atoms with E-state index in [4.69, 9.17) is 4.74 Å². The number of ether oxygens (including phenoxy) is 1. The Morgan fingerprint density at radius 1 is 1.35 bits per heavy atom. The van der Waals surface area contributed by atoms with Gasteiger partial charge in [0, 0.05) is 38.1 Å². The van der Waals surface area contributed by atoms with E-state index in [9.17, 15) is 4.79 Å². The van der Waals surface area contributed by atoms with Crippen LogP contribution in [-0.4, -0.2) is 48.6 Å². The maximum absolute atomic E-state index is 12.6. The number of piperazine rings is 1. The molecule has 140 valence electrons. The molecule has 1 aliphatic rings. The van der Waals surface area contributed by atoms with E-state index in [2.05, 4.69) is 26.6 Å². The number of carbonyl (C=O) groups excluding carboxylic acids is 1. The van der Waals surface area contributed by atoms with E-state index in [0.717, 1.165) is 25.2 Å². The third-order valence-corrected chi connectivity index (χ3v) is 4.23. The topological polar surface area (TPSA) is 66.5 Å². The highest BCUT2D eigenvalue weighted by Gasteiger charge is 2.25. The first-order valence-electron chi connectivity index (χ1n) is 8.64. The molecule has 0 spiro atoms. The van der Waals surface area contributed by atoms with Gasteiger partial charge in [-0.15, -0.1) is 12.4 Å². The van der Waals surface area contributed by atoms with Crippen LogP contribution in [0.2, 0.25) is 0 Å². The van der Waals surface area contributed by atoms with Crippen molar-refractivity contribution in [3.05, 3.63) is 54.4 Å². The van der Waals surface area contributed by atoms with Crippen LogP contribution < -0.4 is 15.4 Å². The number of pyridine rings is 1. The van der Waals surface area contributed by atoms with Gasteiger partial charge in [-0.05, 0) is 30.7 Å². The van der Waals surface area contributed by atoms with Crippen molar-refractivity contribution in [1.82, 2.24) is 15.2 Å². The van der Waals surface area contributed by atoms with Crippen LogP contribution in [0.3, 0.4) is 0 Å². The third kappa shape index (κ3) is 5.17. The molecule has 0 bridgehead atoms. The SMILES string of the molecule is CCOc1ccccc1NC(=O)CN1CCNCC1c1cccnc1.Cl. The number of hydrogen-bond acceptors (Lipinski definition) is 5. The quantitative estimate of drug-likeness (QED) is 0.810. The average molecular weight is 377 g/mol. The number of nitrogens with zero attached hydrogens (tertiary/aromatic N) is 2. The van der Waals surface area contributed by atoms with Gasteiger partial charge < -0.3 is 15.4 Å². The number of halogens is 1. The molecule has 2 aromatic rings. The van der Waals surface area contributed by atoms with Gasteiger partial charge in [-0.25, -0.2) is 0 Å². The van der Waals surface area contributed by atoms with Crippen molar-refractivity contribution in [2.24, 2.45) is 0 Å². The molecule has 1 unspecified atom stereocenters. The third-order valence-electron chi connectivity index (χ3n) is 4.23. The van der Waals surface area contributed by atoms with E-state index in [1.54, 1.807) is 6.20 Å². The fourth-order valence-electron chi connectivity index (χ4n) is 3.06. The predicted octanol–water partition coefficient (Wildman–Crippen LogP) is 2.49. The van der Waals surface area contributed by atoms with E-state index >= 15 is 0 Å². The van der Waals surface area contributed by atoms with Crippen LogP contribution in [0.15, 0.2) is 48.8 Å². The van der Waals surface area contributed by atoms with Crippen molar-refractivity contribution < 1.29 is 9.53 Å². The lowest BCUT2D eigenvalue weighted by molar-refractivity contribution is -0.118. The Balaban J connectivity index is 0.00000243. The number of carbonyl (C=O) groups is 1. The molecule has 0 radical (unpaired) electrons. The van der Waals surface area contributed by atoms with Gasteiger partial charge in [0.2, 0.25) is 5.91 Å². The van der Waals surface area contributed by atoms with E-state index in [1.807, 2.05) is 43.5 Å². The first kappa shape index (κ1) is 20.2. The minimum atomic E-state index is -0.0389. The molecule has 6 nitrogen and oxygen atoms in total. The van der Waals surface area contributed by atoms with Crippen molar-refractivity contribution in [3.8, 4) is 5.75 Å². The molecule has 2 heterocycles. The summed E-state index contributed by atoms with van der Waals surface area (Å²) in [6, 6.07) is 11.6. The standard InChI is InChI=1S/C19H24N4O2.ClH/c1-2-25-18-8-4-3-7-16(18)22-19(24)14-23-11-10-21-13-17(23)15-6-5-9-20-12-15;/h3-9,12,17,21H,2,10-11,13-14H2,1H3,(H,22,24);1H. The first-order chi connectivity index (χ1) is 12.3. The van der Waals surface area contributed by atoms with Crippen molar-refractivity contribution >= 4 is 24.0 Å². The minimum Gasteiger partial charge on any atom is -0.492 e. The highest BCUT2D eigenvalue weighted by molar-refractivity contribution is 5.93. The summed E-state index contributed by atoms with van der Waals surface area (Å²) in [6.45, 7) is 5.33. The second-order valence-corrected chi connectivity index (χ2v) is 5.95. The summed E-state index contributed by atoms with van der Waals surface area (Å²) in [6.07, 6.45) is 3.63. The van der Waals surface area contributed by atoms with E-state index < -0.39 is 0 Å². The number of para-hydroxylation sites is 2. The summed E-state index contributed by atoms with van der Waals surface area (Å²) in [5, 5.41) is 6.36. The van der Waals surface area contributed by atoms with Crippen LogP contribution in [0.5, 0.6) is 5.75 Å². The lowest BCUT2D eigenvalue weighted by Crippen LogP contribution is -2.48. The van der Waals surface area contributed by atoms with Gasteiger partial charge in [0.25, 0.3) is 0 Å². The summed E-state index contributed by atoms with van der Waals surface area (Å²) in [7, 11) is 0. The smallest absolute Gasteiger partial charge is 0.238 e. The number of aromatic nitrogens is 1. The number of hydrogen-bond donors (Lipinski definition) is 2. The summed E-state index contributed by atoms with van der Waals surface area (Å²) in [4.78, 5) is 19.0. The Labute approximate surface area is 160 Å². The Kier molecular flexibility index (Phi) is 7.84. The normalized spacial score (nSPS) is 17.2. The predicted molar refractivity (Wildman–Crippen MR) is 105 cm³/mol. The number of rotatable bonds is 6. The summed E-state index contributed by atoms with van der Waals surface area (Å²) >= 11 is 0. The Bertz CT molecular complexity index is 699. The van der Waals surface area contributed by atoms with Crippen molar-refractivity contribution in [2.75, 3.05) is 38.1 Å². The van der Waals surface area contributed by atoms with E-state index in [0.29, 0.717) is 24.6 Å². The van der Waals surface area contributed by atoms with Gasteiger partial charge in [-0.2, -0.15) is 0 Å². The largest absolute Gasteiger partial charge is 0.492 e. The van der Waals surface area contributed by atoms with Gasteiger partial charge in [0.1, 0.15) is 5.75 Å². The Hall–Kier alpha value is -2.15. The lowest BCUT2D eigenvalue weighted by Gasteiger charge is -2.35. The van der Waals surface area contributed by atoms with Gasteiger partial charge in [0.15, 0.2) is 0 Å². The zero-order chi connectivity index (χ0) is 17.5. The summed E-state index contributed by atoms with van der Waals surface area (Å²) in [5.74, 6) is 0.658. The molecule has 0 aliphatic carbocycles. The van der Waals surface area contributed by atoms with Gasteiger partial charge >= 0.3 is 0 Å². The molecule has 1 aromatic carbocycles. The fourth-order valence-corrected chi connectivity index (χ4v) is 3.06. The maximum atomic E-state index is 12.6. The Morgan fingerprint density at radius 2 is 2.19 bits per heavy atom. The van der Waals surface area contributed by atoms with Crippen LogP contribution in [0, 0.1) is 0 Å². The number of anilines is 1. The van der Waals surface area contributed by atoms with Gasteiger partial charge in [-0.1, -0.05) is 18.2 Å². The highest BCUT2D eigenvalue weighted by atomic mass is 35.5. The number of nitrogens with one attached hydrogen (secondary N) is 2. The monoisotopic (exact) mass is 376 g/mol. The Morgan fingerprint density at radius 3 is 2.96 bits per heavy atom. The molecule has 0 saturated carbocycles. The molecule has 1 aromatic heterocycles. The molecule has 1 aliphatic heterocycles. The second-order valence-electron chi connectivity index (χ2n) is 5.95. The van der Waals surface area contributed by atoms with Crippen LogP contribution in [0.4, 0.5) is 5.69 Å². The van der Waals surface area contributed by atoms with Gasteiger partial charge in [-0.3, -0.25) is 14.7 Å². The van der Waals surface area contributed by atoms with E-state index in [-0.39, 0.29) is 24.4 Å². The van der Waals surface area contributed by atoms with Crippen LogP contribution in [-0.2, 0) is 4.79 Å². The maximum Gasteiger partial charge on any atom is 0.238 e. The van der Waals surface area contributed by atoms with Crippen LogP contribution >= 0.6 is 12.4 Å². The molecule has 1 amide bonds. The average Bonchev–Trinajstić information content (AvgIpc) is 2.65. The minimum absolute atomic E-state index is 0. The summed E-state index contributed by atoms with van der Waals surface area (Å²) < 4.78 is 5.57. The van der Waals surface area contributed by atoms with Crippen molar-refractivity contribution in [3.63, 3.8) is 0 Å². The van der Waals surface area contributed by atoms with Crippen LogP contribution in [0.1, 0.15) is 18.5 Å². The van der Waals surface area contributed by atoms with Crippen molar-refractivity contribution in [1.29, 1.82) is 0 Å². The number of amides is 1. The molecular weight excluding hydrogens is 352 g/mol.